The number of hydrogen-bond acceptors (Lipinski definition) is 3. The Bertz CT molecular complexity index is 1210. The van der Waals surface area contributed by atoms with Gasteiger partial charge in [-0.3, -0.25) is 18.8 Å². The molecular weight excluding hydrogens is 445 g/mol. The van der Waals surface area contributed by atoms with Gasteiger partial charge >= 0.3 is 11.9 Å². The van der Waals surface area contributed by atoms with Crippen molar-refractivity contribution in [2.24, 2.45) is 0 Å². The van der Waals surface area contributed by atoms with Crippen molar-refractivity contribution in [1.82, 2.24) is 19.4 Å². The molecule has 0 unspecified atom stereocenters. The first-order valence-electron chi connectivity index (χ1n) is 11.6. The molecule has 0 spiro atoms. The second kappa shape index (κ2) is 10.0. The van der Waals surface area contributed by atoms with Crippen LogP contribution < -0.4 is 11.0 Å². The first-order chi connectivity index (χ1) is 16.3. The summed E-state index contributed by atoms with van der Waals surface area (Å²) in [5, 5.41) is 3.05. The Morgan fingerprint density at radius 1 is 1.03 bits per heavy atom. The summed E-state index contributed by atoms with van der Waals surface area (Å²) >= 11 is 0. The molecular formula is C25H29F3N4O2. The number of nitrogens with zero attached hydrogens (tertiary/aromatic N) is 3. The van der Waals surface area contributed by atoms with Crippen molar-refractivity contribution in [2.75, 3.05) is 13.1 Å². The molecule has 0 bridgehead atoms. The summed E-state index contributed by atoms with van der Waals surface area (Å²) in [6.07, 6.45) is -2.66. The number of fused-ring (bicyclic) bond motifs is 1. The van der Waals surface area contributed by atoms with Gasteiger partial charge in [0.2, 0.25) is 5.91 Å². The molecule has 2 heterocycles. The Kier molecular flexibility index (Phi) is 7.11. The molecule has 0 saturated carbocycles. The number of alkyl halides is 3. The van der Waals surface area contributed by atoms with E-state index in [1.807, 2.05) is 31.2 Å². The highest BCUT2D eigenvalue weighted by atomic mass is 19.4. The first-order valence-corrected chi connectivity index (χ1v) is 11.6. The summed E-state index contributed by atoms with van der Waals surface area (Å²) in [6, 6.07) is 13.0. The maximum Gasteiger partial charge on any atom is 0.416 e. The standard InChI is InChI=1S/C25H29F3N4O2/c1-2-31-21-8-3-4-9-22(21)32(24(31)34)15-12-23(33)29-20-10-13-30(14-11-20)17-18-6-5-7-19(16-18)25(26,27)28/h3-9,16,20H,2,10-15,17H2,1H3,(H,29,33). The van der Waals surface area contributed by atoms with Gasteiger partial charge < -0.3 is 5.32 Å². The van der Waals surface area contributed by atoms with E-state index in [1.165, 1.54) is 12.1 Å². The van der Waals surface area contributed by atoms with Crippen LogP contribution in [0.4, 0.5) is 13.2 Å². The molecule has 1 aliphatic heterocycles. The molecule has 0 radical (unpaired) electrons. The van der Waals surface area contributed by atoms with Gasteiger partial charge in [0.1, 0.15) is 0 Å². The number of nitrogens with one attached hydrogen (secondary N) is 1. The zero-order valence-corrected chi connectivity index (χ0v) is 19.1. The summed E-state index contributed by atoms with van der Waals surface area (Å²) in [7, 11) is 0. The number of para-hydroxylation sites is 2. The lowest BCUT2D eigenvalue weighted by Crippen LogP contribution is -2.44. The zero-order chi connectivity index (χ0) is 24.3. The van der Waals surface area contributed by atoms with E-state index >= 15 is 0 Å². The lowest BCUT2D eigenvalue weighted by Gasteiger charge is -2.32. The Morgan fingerprint density at radius 2 is 1.71 bits per heavy atom. The van der Waals surface area contributed by atoms with Crippen molar-refractivity contribution in [3.63, 3.8) is 0 Å². The Morgan fingerprint density at radius 3 is 2.35 bits per heavy atom. The van der Waals surface area contributed by atoms with Crippen molar-refractivity contribution in [2.45, 2.75) is 58.0 Å². The lowest BCUT2D eigenvalue weighted by molar-refractivity contribution is -0.137. The fourth-order valence-corrected chi connectivity index (χ4v) is 4.65. The smallest absolute Gasteiger partial charge is 0.353 e. The maximum atomic E-state index is 12.9. The van der Waals surface area contributed by atoms with Gasteiger partial charge in [0.05, 0.1) is 16.6 Å². The van der Waals surface area contributed by atoms with Gasteiger partial charge in [-0.05, 0) is 43.5 Å². The van der Waals surface area contributed by atoms with E-state index in [1.54, 1.807) is 15.2 Å². The van der Waals surface area contributed by atoms with Crippen LogP contribution in [0.5, 0.6) is 0 Å². The number of amides is 1. The second-order valence-corrected chi connectivity index (χ2v) is 8.73. The molecule has 4 rings (SSSR count). The Balaban J connectivity index is 1.28. The highest BCUT2D eigenvalue weighted by Gasteiger charge is 2.30. The number of aryl methyl sites for hydroxylation is 2. The number of carbonyl (C=O) groups is 1. The van der Waals surface area contributed by atoms with Crippen LogP contribution in [0.2, 0.25) is 0 Å². The molecule has 9 heteroatoms. The molecule has 182 valence electrons. The maximum absolute atomic E-state index is 12.9. The molecule has 6 nitrogen and oxygen atoms in total. The van der Waals surface area contributed by atoms with Gasteiger partial charge in [-0.1, -0.05) is 30.3 Å². The fourth-order valence-electron chi connectivity index (χ4n) is 4.65. The van der Waals surface area contributed by atoms with E-state index < -0.39 is 11.7 Å². The minimum Gasteiger partial charge on any atom is -0.353 e. The van der Waals surface area contributed by atoms with E-state index in [9.17, 15) is 22.8 Å². The molecule has 34 heavy (non-hydrogen) atoms. The average Bonchev–Trinajstić information content (AvgIpc) is 3.09. The van der Waals surface area contributed by atoms with Crippen LogP contribution in [0.1, 0.15) is 37.3 Å². The predicted octanol–water partition coefficient (Wildman–Crippen LogP) is 4.01. The van der Waals surface area contributed by atoms with E-state index in [-0.39, 0.29) is 24.1 Å². The molecule has 1 aromatic heterocycles. The number of hydrogen-bond donors (Lipinski definition) is 1. The van der Waals surface area contributed by atoms with Gasteiger partial charge in [0.25, 0.3) is 0 Å². The number of halogens is 3. The van der Waals surface area contributed by atoms with E-state index in [4.69, 9.17) is 0 Å². The minimum absolute atomic E-state index is 0.0268. The van der Waals surface area contributed by atoms with Crippen LogP contribution in [0, 0.1) is 0 Å². The molecule has 1 fully saturated rings. The summed E-state index contributed by atoms with van der Waals surface area (Å²) in [5.74, 6) is -0.100. The molecule has 1 saturated heterocycles. The van der Waals surface area contributed by atoms with Crippen LogP contribution >= 0.6 is 0 Å². The zero-order valence-electron chi connectivity index (χ0n) is 19.1. The van der Waals surface area contributed by atoms with Crippen molar-refractivity contribution in [1.29, 1.82) is 0 Å². The van der Waals surface area contributed by atoms with Gasteiger partial charge in [0, 0.05) is 45.2 Å². The second-order valence-electron chi connectivity index (χ2n) is 8.73. The SMILES string of the molecule is CCn1c(=O)n(CCC(=O)NC2CCN(Cc3cccc(C(F)(F)F)c3)CC2)c2ccccc21. The summed E-state index contributed by atoms with van der Waals surface area (Å²) < 4.78 is 42.2. The normalized spacial score (nSPS) is 15.6. The lowest BCUT2D eigenvalue weighted by atomic mass is 10.0. The van der Waals surface area contributed by atoms with Crippen molar-refractivity contribution < 1.29 is 18.0 Å². The van der Waals surface area contributed by atoms with Gasteiger partial charge in [-0.15, -0.1) is 0 Å². The quantitative estimate of drug-likeness (QED) is 0.563. The number of carbonyl (C=O) groups excluding carboxylic acids is 1. The van der Waals surface area contributed by atoms with Gasteiger partial charge in [-0.25, -0.2) is 4.79 Å². The van der Waals surface area contributed by atoms with Gasteiger partial charge in [0.15, 0.2) is 0 Å². The number of piperidine rings is 1. The highest BCUT2D eigenvalue weighted by molar-refractivity contribution is 5.78. The molecule has 1 amide bonds. The van der Waals surface area contributed by atoms with Crippen LogP contribution in [-0.2, 0) is 30.6 Å². The van der Waals surface area contributed by atoms with Crippen LogP contribution in [0.3, 0.4) is 0 Å². The Labute approximate surface area is 196 Å². The summed E-state index contributed by atoms with van der Waals surface area (Å²) in [4.78, 5) is 27.4. The van der Waals surface area contributed by atoms with Crippen LogP contribution in [0.15, 0.2) is 53.3 Å². The molecule has 1 aliphatic rings. The van der Waals surface area contributed by atoms with Crippen LogP contribution in [-0.4, -0.2) is 39.1 Å². The third-order valence-corrected chi connectivity index (χ3v) is 6.42. The van der Waals surface area contributed by atoms with E-state index in [0.29, 0.717) is 38.3 Å². The molecule has 0 atom stereocenters. The van der Waals surface area contributed by atoms with Crippen molar-refractivity contribution in [3.05, 3.63) is 70.1 Å². The average molecular weight is 475 g/mol. The predicted molar refractivity (Wildman–Crippen MR) is 124 cm³/mol. The topological polar surface area (TPSA) is 59.3 Å². The number of aromatic nitrogens is 2. The molecule has 3 aromatic rings. The number of imidazole rings is 1. The fraction of sp³-hybridized carbons (Fsp3) is 0.440. The number of rotatable bonds is 7. The molecule has 2 aromatic carbocycles. The molecule has 0 aliphatic carbocycles. The number of benzene rings is 2. The van der Waals surface area contributed by atoms with Crippen molar-refractivity contribution >= 4 is 16.9 Å². The summed E-state index contributed by atoms with van der Waals surface area (Å²) in [6.45, 7) is 4.65. The molecule has 1 N–H and O–H groups in total. The van der Waals surface area contributed by atoms with Crippen molar-refractivity contribution in [3.8, 4) is 0 Å². The van der Waals surface area contributed by atoms with Gasteiger partial charge in [-0.2, -0.15) is 13.2 Å². The highest BCUT2D eigenvalue weighted by Crippen LogP contribution is 2.30. The Hall–Kier alpha value is -3.07. The largest absolute Gasteiger partial charge is 0.416 e. The number of likely N-dealkylation sites (tertiary alicyclic amines) is 1. The monoisotopic (exact) mass is 474 g/mol. The van der Waals surface area contributed by atoms with Crippen LogP contribution in [0.25, 0.3) is 11.0 Å². The first kappa shape index (κ1) is 24.1. The van der Waals surface area contributed by atoms with E-state index in [0.717, 1.165) is 29.9 Å². The third kappa shape index (κ3) is 5.35. The third-order valence-electron chi connectivity index (χ3n) is 6.42. The minimum atomic E-state index is -4.34. The van der Waals surface area contributed by atoms with E-state index in [2.05, 4.69) is 10.2 Å². The summed E-state index contributed by atoms with van der Waals surface area (Å²) in [5.41, 5.74) is 1.58.